The maximum Gasteiger partial charge on any atom is 0.264 e. The molecule has 0 bridgehead atoms. The molecule has 0 fully saturated rings. The first-order valence-corrected chi connectivity index (χ1v) is 8.25. The third-order valence-corrected chi connectivity index (χ3v) is 4.25. The Hall–Kier alpha value is -2.54. The summed E-state index contributed by atoms with van der Waals surface area (Å²) in [5.41, 5.74) is 5.84. The highest BCUT2D eigenvalue weighted by atomic mass is 79.9. The van der Waals surface area contributed by atoms with Crippen molar-refractivity contribution >= 4 is 38.6 Å². The predicted octanol–water partition coefficient (Wildman–Crippen LogP) is 3.30. The highest BCUT2D eigenvalue weighted by Gasteiger charge is 2.18. The minimum atomic E-state index is -0.515. The minimum absolute atomic E-state index is 0.248. The molecule has 1 aromatic heterocycles. The largest absolute Gasteiger partial charge is 0.271 e. The predicted molar refractivity (Wildman–Crippen MR) is 96.7 cm³/mol. The van der Waals surface area contributed by atoms with Gasteiger partial charge in [0.15, 0.2) is 0 Å². The zero-order chi connectivity index (χ0) is 17.1. The molecule has 3 aromatic rings. The lowest BCUT2D eigenvalue weighted by Crippen LogP contribution is -2.28. The van der Waals surface area contributed by atoms with Gasteiger partial charge in [-0.2, -0.15) is 5.10 Å². The summed E-state index contributed by atoms with van der Waals surface area (Å²) in [5.74, 6) is -0.248. The van der Waals surface area contributed by atoms with E-state index in [1.165, 1.54) is 0 Å². The van der Waals surface area contributed by atoms with Gasteiger partial charge in [0.2, 0.25) is 0 Å². The normalized spacial score (nSPS) is 13.0. The fourth-order valence-corrected chi connectivity index (χ4v) is 2.54. The van der Waals surface area contributed by atoms with Gasteiger partial charge in [-0.05, 0) is 43.7 Å². The Labute approximate surface area is 147 Å². The highest BCUT2D eigenvalue weighted by Crippen LogP contribution is 2.15. The van der Waals surface area contributed by atoms with E-state index >= 15 is 0 Å². The van der Waals surface area contributed by atoms with Gasteiger partial charge >= 0.3 is 0 Å². The number of rotatable bonds is 4. The van der Waals surface area contributed by atoms with Crippen LogP contribution in [0.25, 0.3) is 11.0 Å². The Morgan fingerprint density at radius 1 is 1.21 bits per heavy atom. The SMILES string of the molecule is C/C(=N/NC(=O)[C@@H](C)n1nnc2ccccc21)c1ccc(Br)cc1. The summed E-state index contributed by atoms with van der Waals surface area (Å²) in [5, 5.41) is 12.3. The number of halogens is 1. The second-order valence-electron chi connectivity index (χ2n) is 5.38. The summed E-state index contributed by atoms with van der Waals surface area (Å²) < 4.78 is 2.59. The molecular formula is C17H16BrN5O. The molecule has 0 spiro atoms. The van der Waals surface area contributed by atoms with Crippen molar-refractivity contribution in [3.63, 3.8) is 0 Å². The van der Waals surface area contributed by atoms with Crippen LogP contribution in [-0.4, -0.2) is 26.6 Å². The van der Waals surface area contributed by atoms with Crippen molar-refractivity contribution in [2.45, 2.75) is 19.9 Å². The smallest absolute Gasteiger partial charge is 0.264 e. The number of hydrazone groups is 1. The Morgan fingerprint density at radius 2 is 1.92 bits per heavy atom. The molecule has 6 nitrogen and oxygen atoms in total. The Morgan fingerprint density at radius 3 is 2.67 bits per heavy atom. The summed E-state index contributed by atoms with van der Waals surface area (Å²) in [6, 6.07) is 14.7. The number of benzene rings is 2. The monoisotopic (exact) mass is 385 g/mol. The molecule has 3 rings (SSSR count). The maximum atomic E-state index is 12.4. The van der Waals surface area contributed by atoms with Crippen molar-refractivity contribution in [3.05, 3.63) is 58.6 Å². The van der Waals surface area contributed by atoms with E-state index < -0.39 is 6.04 Å². The lowest BCUT2D eigenvalue weighted by Gasteiger charge is -2.11. The van der Waals surface area contributed by atoms with Crippen LogP contribution in [0, 0.1) is 0 Å². The lowest BCUT2D eigenvalue weighted by molar-refractivity contribution is -0.124. The summed E-state index contributed by atoms with van der Waals surface area (Å²) in [4.78, 5) is 12.4. The molecule has 0 aliphatic carbocycles. The molecule has 1 atom stereocenters. The molecule has 0 aliphatic rings. The van der Waals surface area contributed by atoms with Gasteiger partial charge in [-0.3, -0.25) is 4.79 Å². The van der Waals surface area contributed by atoms with Crippen molar-refractivity contribution in [1.29, 1.82) is 0 Å². The van der Waals surface area contributed by atoms with Crippen molar-refractivity contribution < 1.29 is 4.79 Å². The molecule has 1 heterocycles. The van der Waals surface area contributed by atoms with Crippen LogP contribution in [-0.2, 0) is 4.79 Å². The molecule has 0 saturated heterocycles. The number of hydrogen-bond donors (Lipinski definition) is 1. The highest BCUT2D eigenvalue weighted by molar-refractivity contribution is 9.10. The van der Waals surface area contributed by atoms with E-state index in [2.05, 4.69) is 36.8 Å². The second kappa shape index (κ2) is 6.92. The Balaban J connectivity index is 1.74. The fraction of sp³-hybridized carbons (Fsp3) is 0.176. The van der Waals surface area contributed by atoms with Gasteiger partial charge in [-0.1, -0.05) is 45.4 Å². The molecule has 24 heavy (non-hydrogen) atoms. The molecule has 0 aliphatic heterocycles. The number of aromatic nitrogens is 3. The summed E-state index contributed by atoms with van der Waals surface area (Å²) in [7, 11) is 0. The van der Waals surface area contributed by atoms with Gasteiger partial charge in [0, 0.05) is 4.47 Å². The molecule has 122 valence electrons. The summed E-state index contributed by atoms with van der Waals surface area (Å²) >= 11 is 3.39. The lowest BCUT2D eigenvalue weighted by atomic mass is 10.1. The van der Waals surface area contributed by atoms with Crippen LogP contribution in [0.1, 0.15) is 25.5 Å². The number of para-hydroxylation sites is 1. The zero-order valence-corrected chi connectivity index (χ0v) is 14.9. The number of nitrogens with zero attached hydrogens (tertiary/aromatic N) is 4. The van der Waals surface area contributed by atoms with Crippen LogP contribution in [0.2, 0.25) is 0 Å². The number of amides is 1. The first-order valence-electron chi connectivity index (χ1n) is 7.46. The van der Waals surface area contributed by atoms with E-state index in [0.717, 1.165) is 26.8 Å². The summed E-state index contributed by atoms with van der Waals surface area (Å²) in [6.45, 7) is 3.61. The van der Waals surface area contributed by atoms with Gasteiger partial charge in [-0.15, -0.1) is 5.10 Å². The van der Waals surface area contributed by atoms with E-state index in [1.807, 2.05) is 55.5 Å². The molecule has 1 amide bonds. The van der Waals surface area contributed by atoms with Gasteiger partial charge in [-0.25, -0.2) is 10.1 Å². The quantitative estimate of drug-likeness (QED) is 0.553. The third-order valence-electron chi connectivity index (χ3n) is 3.72. The van der Waals surface area contributed by atoms with E-state index in [0.29, 0.717) is 0 Å². The van der Waals surface area contributed by atoms with Gasteiger partial charge < -0.3 is 0 Å². The third kappa shape index (κ3) is 3.35. The second-order valence-corrected chi connectivity index (χ2v) is 6.29. The van der Waals surface area contributed by atoms with Crippen molar-refractivity contribution in [1.82, 2.24) is 20.4 Å². The van der Waals surface area contributed by atoms with Gasteiger partial charge in [0.05, 0.1) is 11.2 Å². The van der Waals surface area contributed by atoms with Gasteiger partial charge in [0.25, 0.3) is 5.91 Å². The Bertz CT molecular complexity index is 901. The van der Waals surface area contributed by atoms with Crippen LogP contribution in [0.4, 0.5) is 0 Å². The van der Waals surface area contributed by atoms with E-state index in [-0.39, 0.29) is 5.91 Å². The molecule has 7 heteroatoms. The molecule has 0 unspecified atom stereocenters. The van der Waals surface area contributed by atoms with Crippen molar-refractivity contribution in [2.75, 3.05) is 0 Å². The van der Waals surface area contributed by atoms with Crippen LogP contribution in [0.3, 0.4) is 0 Å². The number of fused-ring (bicyclic) bond motifs is 1. The van der Waals surface area contributed by atoms with Crippen LogP contribution >= 0.6 is 15.9 Å². The minimum Gasteiger partial charge on any atom is -0.271 e. The van der Waals surface area contributed by atoms with Crippen molar-refractivity contribution in [2.24, 2.45) is 5.10 Å². The van der Waals surface area contributed by atoms with Gasteiger partial charge in [0.1, 0.15) is 11.6 Å². The number of nitrogens with one attached hydrogen (secondary N) is 1. The number of carbonyl (C=O) groups is 1. The molecule has 0 radical (unpaired) electrons. The topological polar surface area (TPSA) is 72.2 Å². The zero-order valence-electron chi connectivity index (χ0n) is 13.3. The number of carbonyl (C=O) groups excluding carboxylic acids is 1. The standard InChI is InChI=1S/C17H16BrN5O/c1-11(13-7-9-14(18)10-8-13)19-21-17(24)12(2)23-16-6-4-3-5-15(16)20-22-23/h3-10,12H,1-2H3,(H,21,24)/b19-11-/t12-/m1/s1. The van der Waals surface area contributed by atoms with E-state index in [4.69, 9.17) is 0 Å². The van der Waals surface area contributed by atoms with Crippen LogP contribution in [0.5, 0.6) is 0 Å². The van der Waals surface area contributed by atoms with E-state index in [1.54, 1.807) is 11.6 Å². The summed E-state index contributed by atoms with van der Waals surface area (Å²) in [6.07, 6.45) is 0. The van der Waals surface area contributed by atoms with Crippen LogP contribution in [0.15, 0.2) is 58.1 Å². The average molecular weight is 386 g/mol. The fourth-order valence-electron chi connectivity index (χ4n) is 2.27. The Kier molecular flexibility index (Phi) is 4.71. The first kappa shape index (κ1) is 16.3. The molecular weight excluding hydrogens is 370 g/mol. The average Bonchev–Trinajstić information content (AvgIpc) is 3.03. The van der Waals surface area contributed by atoms with Crippen LogP contribution < -0.4 is 5.43 Å². The number of hydrogen-bond acceptors (Lipinski definition) is 4. The maximum absolute atomic E-state index is 12.4. The molecule has 0 saturated carbocycles. The van der Waals surface area contributed by atoms with E-state index in [9.17, 15) is 4.79 Å². The molecule has 1 N–H and O–H groups in total. The first-order chi connectivity index (χ1) is 11.6. The van der Waals surface area contributed by atoms with Crippen molar-refractivity contribution in [3.8, 4) is 0 Å². The molecule has 2 aromatic carbocycles.